The largest absolute Gasteiger partial charge is 0.396 e. The molecule has 0 radical (unpaired) electrons. The average Bonchev–Trinajstić information content (AvgIpc) is 3.21. The number of hydrogen-bond donors (Lipinski definition) is 1. The SMILES string of the molecule is CN(CC1(CO)CC1)C(=O)[C@@H](c1ccc(F)cc1)N(C)C. The average molecular weight is 294 g/mol. The second-order valence-electron chi connectivity index (χ2n) is 6.27. The molecule has 1 atom stereocenters. The van der Waals surface area contributed by atoms with Crippen LogP contribution in [0.3, 0.4) is 0 Å². The molecule has 0 saturated heterocycles. The lowest BCUT2D eigenvalue weighted by atomic mass is 10.0. The van der Waals surface area contributed by atoms with E-state index in [9.17, 15) is 14.3 Å². The first-order valence-corrected chi connectivity index (χ1v) is 7.16. The molecule has 5 heteroatoms. The maximum atomic E-state index is 13.1. The van der Waals surface area contributed by atoms with Crippen molar-refractivity contribution in [2.75, 3.05) is 34.3 Å². The van der Waals surface area contributed by atoms with Crippen LogP contribution in [0.5, 0.6) is 0 Å². The van der Waals surface area contributed by atoms with E-state index in [1.165, 1.54) is 12.1 Å². The first-order chi connectivity index (χ1) is 9.88. The lowest BCUT2D eigenvalue weighted by molar-refractivity contribution is -0.136. The Morgan fingerprint density at radius 3 is 2.29 bits per heavy atom. The molecule has 0 aliphatic heterocycles. The number of likely N-dealkylation sites (N-methyl/N-ethyl adjacent to an activating group) is 2. The van der Waals surface area contributed by atoms with Crippen LogP contribution in [0.1, 0.15) is 24.4 Å². The second kappa shape index (κ2) is 6.12. The van der Waals surface area contributed by atoms with Crippen molar-refractivity contribution in [2.24, 2.45) is 5.41 Å². The van der Waals surface area contributed by atoms with Crippen molar-refractivity contribution in [3.8, 4) is 0 Å². The van der Waals surface area contributed by atoms with E-state index in [0.29, 0.717) is 6.54 Å². The molecule has 1 N–H and O–H groups in total. The van der Waals surface area contributed by atoms with Crippen LogP contribution in [0.4, 0.5) is 4.39 Å². The van der Waals surface area contributed by atoms with E-state index in [1.54, 1.807) is 24.1 Å². The summed E-state index contributed by atoms with van der Waals surface area (Å²) in [5, 5.41) is 9.39. The zero-order valence-corrected chi connectivity index (χ0v) is 12.8. The van der Waals surface area contributed by atoms with E-state index in [-0.39, 0.29) is 23.7 Å². The first-order valence-electron chi connectivity index (χ1n) is 7.16. The highest BCUT2D eigenvalue weighted by molar-refractivity contribution is 5.83. The van der Waals surface area contributed by atoms with Crippen LogP contribution in [-0.4, -0.2) is 55.1 Å². The number of rotatable bonds is 6. The highest BCUT2D eigenvalue weighted by Gasteiger charge is 2.44. The van der Waals surface area contributed by atoms with Gasteiger partial charge in [-0.15, -0.1) is 0 Å². The van der Waals surface area contributed by atoms with Gasteiger partial charge in [-0.25, -0.2) is 4.39 Å². The first kappa shape index (κ1) is 15.9. The number of aliphatic hydroxyl groups is 1. The molecular weight excluding hydrogens is 271 g/mol. The van der Waals surface area contributed by atoms with Gasteiger partial charge in [0.2, 0.25) is 5.91 Å². The van der Waals surface area contributed by atoms with E-state index in [0.717, 1.165) is 18.4 Å². The molecule has 21 heavy (non-hydrogen) atoms. The lowest BCUT2D eigenvalue weighted by Crippen LogP contribution is -2.41. The third-order valence-corrected chi connectivity index (χ3v) is 4.18. The van der Waals surface area contributed by atoms with Gasteiger partial charge in [0.15, 0.2) is 0 Å². The van der Waals surface area contributed by atoms with Crippen LogP contribution in [-0.2, 0) is 4.79 Å². The minimum absolute atomic E-state index is 0.0358. The van der Waals surface area contributed by atoms with Gasteiger partial charge in [0.05, 0.1) is 6.61 Å². The third-order valence-electron chi connectivity index (χ3n) is 4.18. The smallest absolute Gasteiger partial charge is 0.244 e. The van der Waals surface area contributed by atoms with Crippen LogP contribution in [0.2, 0.25) is 0 Å². The minimum atomic E-state index is -0.440. The molecule has 1 aromatic carbocycles. The Labute approximate surface area is 125 Å². The Balaban J connectivity index is 2.14. The Morgan fingerprint density at radius 2 is 1.86 bits per heavy atom. The highest BCUT2D eigenvalue weighted by atomic mass is 19.1. The van der Waals surface area contributed by atoms with Gasteiger partial charge in [-0.1, -0.05) is 12.1 Å². The molecule has 0 aromatic heterocycles. The quantitative estimate of drug-likeness (QED) is 0.868. The van der Waals surface area contributed by atoms with Gasteiger partial charge in [-0.2, -0.15) is 0 Å². The summed E-state index contributed by atoms with van der Waals surface area (Å²) in [7, 11) is 5.43. The van der Waals surface area contributed by atoms with E-state index in [2.05, 4.69) is 0 Å². The van der Waals surface area contributed by atoms with Crippen molar-refractivity contribution in [3.05, 3.63) is 35.6 Å². The van der Waals surface area contributed by atoms with E-state index < -0.39 is 6.04 Å². The summed E-state index contributed by atoms with van der Waals surface area (Å²) in [5.41, 5.74) is 0.663. The van der Waals surface area contributed by atoms with Gasteiger partial charge in [0, 0.05) is 19.0 Å². The fraction of sp³-hybridized carbons (Fsp3) is 0.562. The number of aliphatic hydroxyl groups excluding tert-OH is 1. The fourth-order valence-electron chi connectivity index (χ4n) is 2.64. The van der Waals surface area contributed by atoms with E-state index >= 15 is 0 Å². The molecule has 116 valence electrons. The molecule has 4 nitrogen and oxygen atoms in total. The van der Waals surface area contributed by atoms with Crippen LogP contribution in [0, 0.1) is 11.2 Å². The zero-order chi connectivity index (χ0) is 15.6. The van der Waals surface area contributed by atoms with Crippen molar-refractivity contribution in [1.29, 1.82) is 0 Å². The third kappa shape index (κ3) is 3.60. The monoisotopic (exact) mass is 294 g/mol. The molecule has 1 aromatic rings. The molecule has 1 aliphatic carbocycles. The summed E-state index contributed by atoms with van der Waals surface area (Å²) >= 11 is 0. The summed E-state index contributed by atoms with van der Waals surface area (Å²) < 4.78 is 13.1. The summed E-state index contributed by atoms with van der Waals surface area (Å²) in [4.78, 5) is 16.2. The van der Waals surface area contributed by atoms with Gasteiger partial charge in [0.1, 0.15) is 11.9 Å². The Hall–Kier alpha value is -1.46. The van der Waals surface area contributed by atoms with Gasteiger partial charge in [-0.05, 0) is 44.6 Å². The molecule has 2 rings (SSSR count). The maximum absolute atomic E-state index is 13.1. The van der Waals surface area contributed by atoms with Crippen molar-refractivity contribution in [3.63, 3.8) is 0 Å². The summed E-state index contributed by atoms with van der Waals surface area (Å²) in [6, 6.07) is 5.59. The summed E-state index contributed by atoms with van der Waals surface area (Å²) in [6.07, 6.45) is 1.93. The summed E-state index contributed by atoms with van der Waals surface area (Å²) in [5.74, 6) is -0.347. The molecule has 1 aliphatic rings. The number of halogens is 1. The minimum Gasteiger partial charge on any atom is -0.396 e. The van der Waals surface area contributed by atoms with Crippen molar-refractivity contribution in [1.82, 2.24) is 9.80 Å². The summed E-state index contributed by atoms with van der Waals surface area (Å²) in [6.45, 7) is 0.682. The normalized spacial score (nSPS) is 17.6. The van der Waals surface area contributed by atoms with Crippen molar-refractivity contribution >= 4 is 5.91 Å². The molecule has 0 heterocycles. The standard InChI is InChI=1S/C16H23FN2O2/c1-18(2)14(12-4-6-13(17)7-5-12)15(21)19(3)10-16(11-20)8-9-16/h4-7,14,20H,8-11H2,1-3H3/t14-/m1/s1. The Bertz CT molecular complexity index is 498. The molecule has 1 saturated carbocycles. The van der Waals surface area contributed by atoms with Gasteiger partial charge in [-0.3, -0.25) is 9.69 Å². The van der Waals surface area contributed by atoms with Gasteiger partial charge < -0.3 is 10.0 Å². The predicted octanol–water partition coefficient (Wildman–Crippen LogP) is 1.66. The number of carbonyl (C=O) groups excluding carboxylic acids is 1. The number of hydrogen-bond acceptors (Lipinski definition) is 3. The Kier molecular flexibility index (Phi) is 4.64. The predicted molar refractivity (Wildman–Crippen MR) is 79.2 cm³/mol. The topological polar surface area (TPSA) is 43.8 Å². The van der Waals surface area contributed by atoms with Crippen LogP contribution in [0.25, 0.3) is 0 Å². The van der Waals surface area contributed by atoms with E-state index in [4.69, 9.17) is 0 Å². The van der Waals surface area contributed by atoms with Crippen LogP contribution in [0.15, 0.2) is 24.3 Å². The molecule has 0 unspecified atom stereocenters. The van der Waals surface area contributed by atoms with E-state index in [1.807, 2.05) is 19.0 Å². The van der Waals surface area contributed by atoms with Crippen LogP contribution < -0.4 is 0 Å². The molecule has 1 fully saturated rings. The molecule has 1 amide bonds. The number of nitrogens with zero attached hydrogens (tertiary/aromatic N) is 2. The number of carbonyl (C=O) groups is 1. The number of amides is 1. The van der Waals surface area contributed by atoms with Crippen molar-refractivity contribution < 1.29 is 14.3 Å². The molecule has 0 bridgehead atoms. The van der Waals surface area contributed by atoms with Crippen LogP contribution >= 0.6 is 0 Å². The highest BCUT2D eigenvalue weighted by Crippen LogP contribution is 2.45. The van der Waals surface area contributed by atoms with Gasteiger partial charge >= 0.3 is 0 Å². The van der Waals surface area contributed by atoms with Gasteiger partial charge in [0.25, 0.3) is 0 Å². The zero-order valence-electron chi connectivity index (χ0n) is 12.8. The second-order valence-corrected chi connectivity index (χ2v) is 6.27. The van der Waals surface area contributed by atoms with Crippen molar-refractivity contribution in [2.45, 2.75) is 18.9 Å². The molecule has 0 spiro atoms. The fourth-order valence-corrected chi connectivity index (χ4v) is 2.64. The lowest BCUT2D eigenvalue weighted by Gasteiger charge is -2.30. The molecular formula is C16H23FN2O2. The number of benzene rings is 1. The maximum Gasteiger partial charge on any atom is 0.244 e. The Morgan fingerprint density at radius 1 is 1.29 bits per heavy atom.